The van der Waals surface area contributed by atoms with E-state index in [1.165, 1.54) is 0 Å². The SMILES string of the molecule is O=C(OCc1ccccc1)N1C2COCC1CC(O)(CCC1OCCCO1)C2. The average Bonchev–Trinajstić information content (AvgIpc) is 2.71. The van der Waals surface area contributed by atoms with Gasteiger partial charge in [-0.3, -0.25) is 4.90 Å². The number of hydrogen-bond donors (Lipinski definition) is 1. The standard InChI is InChI=1S/C21H29NO6/c23-20(28-13-16-5-2-1-3-6-16)22-17-11-21(24,12-18(22)15-25-14-17)8-7-19-26-9-4-10-27-19/h1-3,5-6,17-19,24H,4,7-15H2. The van der Waals surface area contributed by atoms with E-state index in [9.17, 15) is 9.90 Å². The number of ether oxygens (including phenoxy) is 4. The van der Waals surface area contributed by atoms with Crippen molar-refractivity contribution in [2.24, 2.45) is 0 Å². The molecule has 3 aliphatic rings. The summed E-state index contributed by atoms with van der Waals surface area (Å²) in [7, 11) is 0. The molecule has 1 N–H and O–H groups in total. The van der Waals surface area contributed by atoms with Gasteiger partial charge in [0.05, 0.1) is 44.1 Å². The predicted molar refractivity (Wildman–Crippen MR) is 101 cm³/mol. The highest BCUT2D eigenvalue weighted by Gasteiger charge is 2.48. The highest BCUT2D eigenvalue weighted by atomic mass is 16.7. The second-order valence-corrected chi connectivity index (χ2v) is 7.99. The summed E-state index contributed by atoms with van der Waals surface area (Å²) >= 11 is 0. The summed E-state index contributed by atoms with van der Waals surface area (Å²) in [6.07, 6.45) is 2.58. The van der Waals surface area contributed by atoms with Gasteiger partial charge in [0.25, 0.3) is 0 Å². The summed E-state index contributed by atoms with van der Waals surface area (Å²) in [4.78, 5) is 14.5. The van der Waals surface area contributed by atoms with E-state index < -0.39 is 5.60 Å². The Kier molecular flexibility index (Phi) is 6.16. The Hall–Kier alpha value is -1.67. The van der Waals surface area contributed by atoms with Crippen LogP contribution in [-0.4, -0.2) is 66.5 Å². The highest BCUT2D eigenvalue weighted by molar-refractivity contribution is 5.69. The van der Waals surface area contributed by atoms with Crippen LogP contribution in [0.3, 0.4) is 0 Å². The highest BCUT2D eigenvalue weighted by Crippen LogP contribution is 2.38. The van der Waals surface area contributed by atoms with Gasteiger partial charge in [-0.2, -0.15) is 0 Å². The van der Waals surface area contributed by atoms with E-state index in [0.29, 0.717) is 52.1 Å². The van der Waals surface area contributed by atoms with Gasteiger partial charge in [-0.25, -0.2) is 4.79 Å². The average molecular weight is 391 g/mol. The Morgan fingerprint density at radius 2 is 1.82 bits per heavy atom. The number of nitrogens with zero attached hydrogens (tertiary/aromatic N) is 1. The summed E-state index contributed by atoms with van der Waals surface area (Å²) in [5.41, 5.74) is 0.123. The first-order valence-electron chi connectivity index (χ1n) is 10.2. The Balaban J connectivity index is 1.34. The van der Waals surface area contributed by atoms with Crippen LogP contribution in [0.2, 0.25) is 0 Å². The van der Waals surface area contributed by atoms with Gasteiger partial charge >= 0.3 is 6.09 Å². The monoisotopic (exact) mass is 391 g/mol. The number of carbonyl (C=O) groups excluding carboxylic acids is 1. The van der Waals surface area contributed by atoms with Crippen molar-refractivity contribution in [3.05, 3.63) is 35.9 Å². The number of rotatable bonds is 5. The Morgan fingerprint density at radius 1 is 1.14 bits per heavy atom. The van der Waals surface area contributed by atoms with Gasteiger partial charge in [0.15, 0.2) is 6.29 Å². The number of carbonyl (C=O) groups is 1. The second-order valence-electron chi connectivity index (χ2n) is 7.99. The van der Waals surface area contributed by atoms with Gasteiger partial charge in [0.1, 0.15) is 6.61 Å². The van der Waals surface area contributed by atoms with Crippen LogP contribution in [0.25, 0.3) is 0 Å². The van der Waals surface area contributed by atoms with Crippen molar-refractivity contribution >= 4 is 6.09 Å². The van der Waals surface area contributed by atoms with E-state index in [0.717, 1.165) is 12.0 Å². The van der Waals surface area contributed by atoms with Crippen LogP contribution in [-0.2, 0) is 25.6 Å². The molecule has 0 aromatic heterocycles. The van der Waals surface area contributed by atoms with E-state index in [1.54, 1.807) is 4.90 Å². The molecule has 3 saturated heterocycles. The summed E-state index contributed by atoms with van der Waals surface area (Å²) in [6, 6.07) is 9.30. The van der Waals surface area contributed by atoms with Crippen LogP contribution < -0.4 is 0 Å². The smallest absolute Gasteiger partial charge is 0.410 e. The molecule has 1 amide bonds. The molecule has 3 fully saturated rings. The number of aliphatic hydroxyl groups is 1. The van der Waals surface area contributed by atoms with Crippen LogP contribution in [0.1, 0.15) is 37.7 Å². The summed E-state index contributed by atoms with van der Waals surface area (Å²) < 4.78 is 22.4. The molecule has 2 unspecified atom stereocenters. The maximum atomic E-state index is 12.7. The maximum absolute atomic E-state index is 12.7. The molecule has 1 aromatic carbocycles. The molecule has 7 heteroatoms. The van der Waals surface area contributed by atoms with Crippen LogP contribution in [0.4, 0.5) is 4.79 Å². The molecule has 2 bridgehead atoms. The third-order valence-electron chi connectivity index (χ3n) is 5.80. The Bertz CT molecular complexity index is 634. The topological polar surface area (TPSA) is 77.5 Å². The molecule has 3 aliphatic heterocycles. The number of benzene rings is 1. The fraction of sp³-hybridized carbons (Fsp3) is 0.667. The summed E-state index contributed by atoms with van der Waals surface area (Å²) in [5, 5.41) is 11.2. The van der Waals surface area contributed by atoms with Crippen molar-refractivity contribution in [2.45, 2.75) is 62.7 Å². The quantitative estimate of drug-likeness (QED) is 0.831. The van der Waals surface area contributed by atoms with Crippen LogP contribution >= 0.6 is 0 Å². The van der Waals surface area contributed by atoms with Crippen molar-refractivity contribution < 1.29 is 28.8 Å². The zero-order valence-corrected chi connectivity index (χ0v) is 16.1. The summed E-state index contributed by atoms with van der Waals surface area (Å²) in [6.45, 7) is 2.52. The van der Waals surface area contributed by atoms with Gasteiger partial charge in [-0.15, -0.1) is 0 Å². The summed E-state index contributed by atoms with van der Waals surface area (Å²) in [5.74, 6) is 0. The van der Waals surface area contributed by atoms with E-state index in [4.69, 9.17) is 18.9 Å². The third-order valence-corrected chi connectivity index (χ3v) is 5.80. The van der Waals surface area contributed by atoms with E-state index in [2.05, 4.69) is 0 Å². The minimum absolute atomic E-state index is 0.172. The lowest BCUT2D eigenvalue weighted by Gasteiger charge is -2.51. The van der Waals surface area contributed by atoms with Crippen molar-refractivity contribution in [2.75, 3.05) is 26.4 Å². The van der Waals surface area contributed by atoms with Gasteiger partial charge < -0.3 is 24.1 Å². The molecular formula is C21H29NO6. The van der Waals surface area contributed by atoms with Crippen molar-refractivity contribution in [1.29, 1.82) is 0 Å². The molecule has 154 valence electrons. The van der Waals surface area contributed by atoms with Crippen LogP contribution in [0.15, 0.2) is 30.3 Å². The zero-order chi connectivity index (χ0) is 19.4. The van der Waals surface area contributed by atoms with Crippen molar-refractivity contribution in [3.8, 4) is 0 Å². The first kappa shape index (κ1) is 19.6. The molecule has 2 atom stereocenters. The molecule has 0 spiro atoms. The maximum Gasteiger partial charge on any atom is 0.410 e. The lowest BCUT2D eigenvalue weighted by molar-refractivity contribution is -0.193. The van der Waals surface area contributed by atoms with Crippen LogP contribution in [0.5, 0.6) is 0 Å². The molecule has 0 aliphatic carbocycles. The van der Waals surface area contributed by atoms with Gasteiger partial charge in [0, 0.05) is 6.42 Å². The lowest BCUT2D eigenvalue weighted by atomic mass is 9.78. The largest absolute Gasteiger partial charge is 0.445 e. The molecule has 0 radical (unpaired) electrons. The number of piperidine rings is 1. The van der Waals surface area contributed by atoms with Gasteiger partial charge in [-0.1, -0.05) is 30.3 Å². The Labute approximate surface area is 165 Å². The van der Waals surface area contributed by atoms with Crippen molar-refractivity contribution in [1.82, 2.24) is 4.90 Å². The second kappa shape index (κ2) is 8.78. The van der Waals surface area contributed by atoms with Gasteiger partial charge in [0.2, 0.25) is 0 Å². The molecule has 28 heavy (non-hydrogen) atoms. The molecule has 0 saturated carbocycles. The zero-order valence-electron chi connectivity index (χ0n) is 16.1. The van der Waals surface area contributed by atoms with Gasteiger partial charge in [-0.05, 0) is 31.2 Å². The van der Waals surface area contributed by atoms with Crippen molar-refractivity contribution in [3.63, 3.8) is 0 Å². The van der Waals surface area contributed by atoms with E-state index in [1.807, 2.05) is 30.3 Å². The molecular weight excluding hydrogens is 362 g/mol. The minimum atomic E-state index is -0.834. The fourth-order valence-electron chi connectivity index (χ4n) is 4.46. The van der Waals surface area contributed by atoms with Crippen LogP contribution in [0, 0.1) is 0 Å². The normalized spacial score (nSPS) is 30.8. The molecule has 3 heterocycles. The molecule has 7 nitrogen and oxygen atoms in total. The minimum Gasteiger partial charge on any atom is -0.445 e. The lowest BCUT2D eigenvalue weighted by Crippen LogP contribution is -2.63. The predicted octanol–water partition coefficient (Wildman–Crippen LogP) is 2.46. The molecule has 4 rings (SSSR count). The molecule has 1 aromatic rings. The number of morpholine rings is 1. The number of amides is 1. The number of fused-ring (bicyclic) bond motifs is 2. The first-order chi connectivity index (χ1) is 13.6. The third kappa shape index (κ3) is 4.66. The fourth-order valence-corrected chi connectivity index (χ4v) is 4.46. The Morgan fingerprint density at radius 3 is 2.50 bits per heavy atom. The first-order valence-corrected chi connectivity index (χ1v) is 10.2. The van der Waals surface area contributed by atoms with E-state index in [-0.39, 0.29) is 31.1 Å². The van der Waals surface area contributed by atoms with E-state index >= 15 is 0 Å². The number of hydrogen-bond acceptors (Lipinski definition) is 6.